The second-order valence-corrected chi connectivity index (χ2v) is 7.02. The van der Waals surface area contributed by atoms with Crippen LogP contribution in [0.4, 0.5) is 0 Å². The molecule has 1 aromatic carbocycles. The lowest BCUT2D eigenvalue weighted by molar-refractivity contribution is -0.138. The van der Waals surface area contributed by atoms with E-state index in [1.165, 1.54) is 0 Å². The SMILES string of the molecule is COc1ccc2c(c1)OC[C@H](C(=O)N1CCC(Oc3cccnc3)CC1)C2. The average Bonchev–Trinajstić information content (AvgIpc) is 2.74. The normalized spacial score (nSPS) is 19.7. The molecule has 0 radical (unpaired) electrons. The average molecular weight is 368 g/mol. The lowest BCUT2D eigenvalue weighted by Gasteiger charge is -2.35. The maximum atomic E-state index is 12.9. The van der Waals surface area contributed by atoms with E-state index in [4.69, 9.17) is 14.2 Å². The maximum absolute atomic E-state index is 12.9. The van der Waals surface area contributed by atoms with Gasteiger partial charge in [0.2, 0.25) is 5.91 Å². The Morgan fingerprint density at radius 3 is 2.81 bits per heavy atom. The van der Waals surface area contributed by atoms with E-state index >= 15 is 0 Å². The fraction of sp³-hybridized carbons (Fsp3) is 0.429. The number of rotatable bonds is 4. The zero-order chi connectivity index (χ0) is 18.6. The number of carbonyl (C=O) groups excluding carboxylic acids is 1. The molecule has 2 aromatic rings. The molecule has 0 aliphatic carbocycles. The van der Waals surface area contributed by atoms with Gasteiger partial charge in [-0.25, -0.2) is 0 Å². The van der Waals surface area contributed by atoms with Crippen LogP contribution in [-0.4, -0.2) is 48.7 Å². The summed E-state index contributed by atoms with van der Waals surface area (Å²) < 4.78 is 17.0. The molecule has 1 fully saturated rings. The molecule has 0 bridgehead atoms. The smallest absolute Gasteiger partial charge is 0.229 e. The van der Waals surface area contributed by atoms with Crippen molar-refractivity contribution in [2.75, 3.05) is 26.8 Å². The van der Waals surface area contributed by atoms with Crippen molar-refractivity contribution in [3.8, 4) is 17.2 Å². The summed E-state index contributed by atoms with van der Waals surface area (Å²) in [4.78, 5) is 18.9. The van der Waals surface area contributed by atoms with Crippen LogP contribution in [0.1, 0.15) is 18.4 Å². The van der Waals surface area contributed by atoms with Gasteiger partial charge >= 0.3 is 0 Å². The quantitative estimate of drug-likeness (QED) is 0.830. The van der Waals surface area contributed by atoms with Gasteiger partial charge in [-0.2, -0.15) is 0 Å². The molecule has 27 heavy (non-hydrogen) atoms. The van der Waals surface area contributed by atoms with Crippen LogP contribution in [0.5, 0.6) is 17.2 Å². The van der Waals surface area contributed by atoms with Gasteiger partial charge in [-0.05, 0) is 30.2 Å². The number of nitrogens with zero attached hydrogens (tertiary/aromatic N) is 2. The summed E-state index contributed by atoms with van der Waals surface area (Å²) in [5.41, 5.74) is 1.06. The van der Waals surface area contributed by atoms with Crippen LogP contribution in [0, 0.1) is 5.92 Å². The minimum atomic E-state index is -0.123. The highest BCUT2D eigenvalue weighted by molar-refractivity contribution is 5.80. The van der Waals surface area contributed by atoms with Crippen molar-refractivity contribution in [1.82, 2.24) is 9.88 Å². The summed E-state index contributed by atoms with van der Waals surface area (Å²) in [6.45, 7) is 1.86. The fourth-order valence-electron chi connectivity index (χ4n) is 3.70. The Morgan fingerprint density at radius 2 is 2.07 bits per heavy atom. The standard InChI is InChI=1S/C21H24N2O4/c1-25-18-5-4-15-11-16(14-26-20(15)12-18)21(24)23-9-6-17(7-10-23)27-19-3-2-8-22-13-19/h2-5,8,12-13,16-17H,6-7,9-11,14H2,1H3/t16-/m1/s1. The van der Waals surface area contributed by atoms with E-state index in [0.29, 0.717) is 13.0 Å². The van der Waals surface area contributed by atoms with Crippen molar-refractivity contribution in [1.29, 1.82) is 0 Å². The molecule has 142 valence electrons. The van der Waals surface area contributed by atoms with Gasteiger partial charge in [0.05, 0.1) is 19.2 Å². The first-order valence-corrected chi connectivity index (χ1v) is 9.38. The molecule has 0 unspecified atom stereocenters. The van der Waals surface area contributed by atoms with Crippen LogP contribution in [0.15, 0.2) is 42.7 Å². The molecule has 6 heteroatoms. The number of hydrogen-bond acceptors (Lipinski definition) is 5. The molecule has 0 saturated carbocycles. The molecule has 0 N–H and O–H groups in total. The molecule has 3 heterocycles. The molecule has 4 rings (SSSR count). The van der Waals surface area contributed by atoms with Crippen molar-refractivity contribution in [2.24, 2.45) is 5.92 Å². The van der Waals surface area contributed by atoms with E-state index < -0.39 is 0 Å². The van der Waals surface area contributed by atoms with Crippen LogP contribution >= 0.6 is 0 Å². The Bertz CT molecular complexity index is 788. The molecule has 1 amide bonds. The minimum absolute atomic E-state index is 0.123. The number of piperidine rings is 1. The summed E-state index contributed by atoms with van der Waals surface area (Å²) >= 11 is 0. The summed E-state index contributed by atoms with van der Waals surface area (Å²) in [7, 11) is 1.64. The number of ether oxygens (including phenoxy) is 3. The summed E-state index contributed by atoms with van der Waals surface area (Å²) in [6, 6.07) is 9.57. The second-order valence-electron chi connectivity index (χ2n) is 7.02. The number of fused-ring (bicyclic) bond motifs is 1. The molecule has 1 aromatic heterocycles. The Hall–Kier alpha value is -2.76. The second kappa shape index (κ2) is 7.86. The Balaban J connectivity index is 1.32. The van der Waals surface area contributed by atoms with E-state index in [2.05, 4.69) is 4.98 Å². The molecule has 0 spiro atoms. The summed E-state index contributed by atoms with van der Waals surface area (Å²) in [6.07, 6.45) is 5.97. The molecular weight excluding hydrogens is 344 g/mol. The van der Waals surface area contributed by atoms with Crippen molar-refractivity contribution < 1.29 is 19.0 Å². The van der Waals surface area contributed by atoms with Crippen LogP contribution < -0.4 is 14.2 Å². The zero-order valence-corrected chi connectivity index (χ0v) is 15.5. The van der Waals surface area contributed by atoms with Gasteiger partial charge < -0.3 is 19.1 Å². The molecule has 1 saturated heterocycles. The number of pyridine rings is 1. The molecule has 2 aliphatic heterocycles. The fourth-order valence-corrected chi connectivity index (χ4v) is 3.70. The largest absolute Gasteiger partial charge is 0.497 e. The van der Waals surface area contributed by atoms with Crippen molar-refractivity contribution in [2.45, 2.75) is 25.4 Å². The van der Waals surface area contributed by atoms with E-state index in [1.54, 1.807) is 19.5 Å². The maximum Gasteiger partial charge on any atom is 0.229 e. The number of hydrogen-bond donors (Lipinski definition) is 0. The highest BCUT2D eigenvalue weighted by Gasteiger charge is 2.32. The van der Waals surface area contributed by atoms with Gasteiger partial charge in [-0.15, -0.1) is 0 Å². The Labute approximate surface area is 159 Å². The van der Waals surface area contributed by atoms with Gasteiger partial charge in [0.15, 0.2) is 0 Å². The molecular formula is C21H24N2O4. The first kappa shape index (κ1) is 17.6. The van der Waals surface area contributed by atoms with E-state index in [-0.39, 0.29) is 17.9 Å². The lowest BCUT2D eigenvalue weighted by Crippen LogP contribution is -2.46. The number of amides is 1. The topological polar surface area (TPSA) is 60.9 Å². The van der Waals surface area contributed by atoms with Crippen LogP contribution in [0.2, 0.25) is 0 Å². The number of aromatic nitrogens is 1. The van der Waals surface area contributed by atoms with E-state index in [1.807, 2.05) is 35.2 Å². The predicted octanol–water partition coefficient (Wildman–Crippen LogP) is 2.71. The third-order valence-corrected chi connectivity index (χ3v) is 5.22. The highest BCUT2D eigenvalue weighted by atomic mass is 16.5. The van der Waals surface area contributed by atoms with E-state index in [0.717, 1.165) is 48.7 Å². The summed E-state index contributed by atoms with van der Waals surface area (Å²) in [5, 5.41) is 0. The van der Waals surface area contributed by atoms with Gasteiger partial charge in [0, 0.05) is 38.2 Å². The first-order valence-electron chi connectivity index (χ1n) is 9.38. The number of benzene rings is 1. The minimum Gasteiger partial charge on any atom is -0.497 e. The van der Waals surface area contributed by atoms with Crippen LogP contribution in [-0.2, 0) is 11.2 Å². The first-order chi connectivity index (χ1) is 13.2. The predicted molar refractivity (Wildman–Crippen MR) is 100 cm³/mol. The van der Waals surface area contributed by atoms with Crippen LogP contribution in [0.25, 0.3) is 0 Å². The van der Waals surface area contributed by atoms with Crippen molar-refractivity contribution in [3.63, 3.8) is 0 Å². The Morgan fingerprint density at radius 1 is 1.22 bits per heavy atom. The van der Waals surface area contributed by atoms with Gasteiger partial charge in [-0.3, -0.25) is 9.78 Å². The van der Waals surface area contributed by atoms with Gasteiger partial charge in [0.1, 0.15) is 30.0 Å². The van der Waals surface area contributed by atoms with E-state index in [9.17, 15) is 4.79 Å². The van der Waals surface area contributed by atoms with Gasteiger partial charge in [-0.1, -0.05) is 6.07 Å². The van der Waals surface area contributed by atoms with Crippen LogP contribution in [0.3, 0.4) is 0 Å². The molecule has 6 nitrogen and oxygen atoms in total. The summed E-state index contributed by atoms with van der Waals surface area (Å²) in [5.74, 6) is 2.43. The lowest BCUT2D eigenvalue weighted by atomic mass is 9.94. The Kier molecular flexibility index (Phi) is 5.14. The molecule has 1 atom stereocenters. The monoisotopic (exact) mass is 368 g/mol. The highest BCUT2D eigenvalue weighted by Crippen LogP contribution is 2.32. The van der Waals surface area contributed by atoms with Crippen molar-refractivity contribution >= 4 is 5.91 Å². The number of likely N-dealkylation sites (tertiary alicyclic amines) is 1. The van der Waals surface area contributed by atoms with Crippen molar-refractivity contribution in [3.05, 3.63) is 48.3 Å². The number of carbonyl (C=O) groups is 1. The zero-order valence-electron chi connectivity index (χ0n) is 15.5. The third-order valence-electron chi connectivity index (χ3n) is 5.22. The molecule has 2 aliphatic rings. The number of methoxy groups -OCH3 is 1. The van der Waals surface area contributed by atoms with Gasteiger partial charge in [0.25, 0.3) is 0 Å². The third kappa shape index (κ3) is 3.99.